The summed E-state index contributed by atoms with van der Waals surface area (Å²) in [4.78, 5) is 0.746. The summed E-state index contributed by atoms with van der Waals surface area (Å²) in [5, 5.41) is 9.31. The van der Waals surface area contributed by atoms with Gasteiger partial charge < -0.3 is 5.11 Å². The Hall–Kier alpha value is -1.35. The summed E-state index contributed by atoms with van der Waals surface area (Å²) in [6, 6.07) is 9.79. The maximum absolute atomic E-state index is 13.2. The van der Waals surface area contributed by atoms with Gasteiger partial charge in [-0.05, 0) is 18.2 Å². The Morgan fingerprint density at radius 3 is 2.46 bits per heavy atom. The molecule has 2 aromatic rings. The lowest BCUT2D eigenvalue weighted by molar-refractivity contribution is 0.491. The Labute approximate surface area is 79.1 Å². The van der Waals surface area contributed by atoms with Crippen LogP contribution in [0.3, 0.4) is 0 Å². The van der Waals surface area contributed by atoms with Gasteiger partial charge in [0, 0.05) is 10.4 Å². The lowest BCUT2D eigenvalue weighted by Gasteiger charge is -1.97. The highest BCUT2D eigenvalue weighted by Gasteiger charge is 2.05. The van der Waals surface area contributed by atoms with Gasteiger partial charge in [-0.25, -0.2) is 4.39 Å². The monoisotopic (exact) mass is 194 g/mol. The molecular formula is C10H7FOS. The van der Waals surface area contributed by atoms with E-state index in [0.717, 1.165) is 4.88 Å². The highest BCUT2D eigenvalue weighted by molar-refractivity contribution is 7.17. The highest BCUT2D eigenvalue weighted by atomic mass is 32.1. The van der Waals surface area contributed by atoms with E-state index in [1.807, 2.05) is 0 Å². The normalized spacial score (nSPS) is 10.2. The molecule has 0 unspecified atom stereocenters. The molecule has 0 bridgehead atoms. The zero-order valence-electron chi connectivity index (χ0n) is 6.70. The SMILES string of the molecule is Oc1ccc(-c2ccccc2F)s1. The van der Waals surface area contributed by atoms with E-state index < -0.39 is 0 Å². The summed E-state index contributed by atoms with van der Waals surface area (Å²) in [5.41, 5.74) is 0.535. The van der Waals surface area contributed by atoms with Crippen LogP contribution in [0.1, 0.15) is 0 Å². The van der Waals surface area contributed by atoms with E-state index in [-0.39, 0.29) is 10.9 Å². The van der Waals surface area contributed by atoms with Crippen LogP contribution in [0, 0.1) is 5.82 Å². The molecule has 0 aliphatic carbocycles. The van der Waals surface area contributed by atoms with E-state index in [4.69, 9.17) is 5.11 Å². The Kier molecular flexibility index (Phi) is 2.02. The molecule has 3 heteroatoms. The standard InChI is InChI=1S/C10H7FOS/c11-8-4-2-1-3-7(8)9-5-6-10(12)13-9/h1-6,12H. The van der Waals surface area contributed by atoms with Gasteiger partial charge in [-0.3, -0.25) is 0 Å². The number of hydrogen-bond acceptors (Lipinski definition) is 2. The topological polar surface area (TPSA) is 20.2 Å². The molecule has 0 aliphatic rings. The van der Waals surface area contributed by atoms with Crippen LogP contribution in [0.5, 0.6) is 5.06 Å². The molecule has 0 radical (unpaired) electrons. The molecule has 0 aliphatic heterocycles. The molecule has 2 rings (SSSR count). The summed E-state index contributed by atoms with van der Waals surface area (Å²) in [6.07, 6.45) is 0. The molecule has 13 heavy (non-hydrogen) atoms. The molecule has 0 spiro atoms. The number of hydrogen-bond donors (Lipinski definition) is 1. The minimum Gasteiger partial charge on any atom is -0.499 e. The van der Waals surface area contributed by atoms with E-state index in [1.165, 1.54) is 17.4 Å². The fourth-order valence-corrected chi connectivity index (χ4v) is 1.91. The van der Waals surface area contributed by atoms with Crippen molar-refractivity contribution in [3.05, 3.63) is 42.2 Å². The summed E-state index contributed by atoms with van der Waals surface area (Å²) in [6.45, 7) is 0. The van der Waals surface area contributed by atoms with Gasteiger partial charge in [-0.2, -0.15) is 0 Å². The Morgan fingerprint density at radius 2 is 1.85 bits per heavy atom. The van der Waals surface area contributed by atoms with Gasteiger partial charge in [-0.15, -0.1) is 0 Å². The molecular weight excluding hydrogens is 187 g/mol. The molecule has 0 atom stereocenters. The molecule has 1 N–H and O–H groups in total. The third kappa shape index (κ3) is 1.55. The van der Waals surface area contributed by atoms with E-state index in [9.17, 15) is 4.39 Å². The second-order valence-electron chi connectivity index (χ2n) is 2.62. The molecule has 1 aromatic heterocycles. The Morgan fingerprint density at radius 1 is 1.08 bits per heavy atom. The predicted octanol–water partition coefficient (Wildman–Crippen LogP) is 3.26. The minimum absolute atomic E-state index is 0.207. The summed E-state index contributed by atoms with van der Waals surface area (Å²) < 4.78 is 13.2. The van der Waals surface area contributed by atoms with Gasteiger partial charge in [0.15, 0.2) is 5.06 Å². The quantitative estimate of drug-likeness (QED) is 0.738. The van der Waals surface area contributed by atoms with Gasteiger partial charge in [0.05, 0.1) is 0 Å². The van der Waals surface area contributed by atoms with Crippen molar-refractivity contribution < 1.29 is 9.50 Å². The minimum atomic E-state index is -0.260. The molecule has 1 aromatic carbocycles. The molecule has 1 nitrogen and oxygen atoms in total. The van der Waals surface area contributed by atoms with Gasteiger partial charge in [0.1, 0.15) is 5.82 Å². The molecule has 0 saturated carbocycles. The van der Waals surface area contributed by atoms with Crippen LogP contribution in [0.2, 0.25) is 0 Å². The van der Waals surface area contributed by atoms with Gasteiger partial charge in [0.25, 0.3) is 0 Å². The van der Waals surface area contributed by atoms with Crippen molar-refractivity contribution in [2.24, 2.45) is 0 Å². The third-order valence-electron chi connectivity index (χ3n) is 1.73. The first kappa shape index (κ1) is 8.26. The second-order valence-corrected chi connectivity index (χ2v) is 3.68. The van der Waals surface area contributed by atoms with Crippen LogP contribution in [0.25, 0.3) is 10.4 Å². The number of thiophene rings is 1. The Balaban J connectivity index is 2.52. The van der Waals surface area contributed by atoms with Crippen molar-refractivity contribution in [2.45, 2.75) is 0 Å². The van der Waals surface area contributed by atoms with Crippen LogP contribution in [-0.4, -0.2) is 5.11 Å². The molecule has 0 fully saturated rings. The summed E-state index contributed by atoms with van der Waals surface area (Å²) in [5.74, 6) is -0.260. The van der Waals surface area contributed by atoms with Crippen molar-refractivity contribution >= 4 is 11.3 Å². The molecule has 0 amide bonds. The van der Waals surface area contributed by atoms with Crippen LogP contribution < -0.4 is 0 Å². The summed E-state index contributed by atoms with van der Waals surface area (Å²) in [7, 11) is 0. The number of halogens is 1. The number of aromatic hydroxyl groups is 1. The van der Waals surface area contributed by atoms with Crippen LogP contribution in [-0.2, 0) is 0 Å². The first-order valence-electron chi connectivity index (χ1n) is 3.81. The van der Waals surface area contributed by atoms with Crippen molar-refractivity contribution in [2.75, 3.05) is 0 Å². The van der Waals surface area contributed by atoms with E-state index in [0.29, 0.717) is 5.56 Å². The van der Waals surface area contributed by atoms with E-state index in [2.05, 4.69) is 0 Å². The van der Waals surface area contributed by atoms with Gasteiger partial charge in [0.2, 0.25) is 0 Å². The maximum Gasteiger partial charge on any atom is 0.171 e. The molecule has 1 heterocycles. The number of rotatable bonds is 1. The zero-order valence-corrected chi connectivity index (χ0v) is 7.51. The first-order chi connectivity index (χ1) is 6.27. The number of benzene rings is 1. The average molecular weight is 194 g/mol. The Bertz CT molecular complexity index is 422. The van der Waals surface area contributed by atoms with Crippen molar-refractivity contribution in [3.63, 3.8) is 0 Å². The first-order valence-corrected chi connectivity index (χ1v) is 4.63. The fourth-order valence-electron chi connectivity index (χ4n) is 1.13. The van der Waals surface area contributed by atoms with Crippen molar-refractivity contribution in [1.82, 2.24) is 0 Å². The lowest BCUT2D eigenvalue weighted by Crippen LogP contribution is -1.78. The van der Waals surface area contributed by atoms with Gasteiger partial charge in [-0.1, -0.05) is 29.5 Å². The van der Waals surface area contributed by atoms with Crippen molar-refractivity contribution in [3.8, 4) is 15.5 Å². The highest BCUT2D eigenvalue weighted by Crippen LogP contribution is 2.33. The summed E-state index contributed by atoms with van der Waals surface area (Å²) >= 11 is 1.17. The van der Waals surface area contributed by atoms with Crippen LogP contribution in [0.15, 0.2) is 36.4 Å². The third-order valence-corrected chi connectivity index (χ3v) is 2.65. The van der Waals surface area contributed by atoms with Crippen LogP contribution in [0.4, 0.5) is 4.39 Å². The van der Waals surface area contributed by atoms with Crippen molar-refractivity contribution in [1.29, 1.82) is 0 Å². The molecule has 66 valence electrons. The largest absolute Gasteiger partial charge is 0.499 e. The zero-order chi connectivity index (χ0) is 9.26. The maximum atomic E-state index is 13.2. The average Bonchev–Trinajstić information content (AvgIpc) is 2.53. The second kappa shape index (κ2) is 3.18. The van der Waals surface area contributed by atoms with E-state index in [1.54, 1.807) is 30.3 Å². The lowest BCUT2D eigenvalue weighted by atomic mass is 10.2. The smallest absolute Gasteiger partial charge is 0.171 e. The van der Waals surface area contributed by atoms with Gasteiger partial charge >= 0.3 is 0 Å². The van der Waals surface area contributed by atoms with Crippen LogP contribution >= 0.6 is 11.3 Å². The molecule has 0 saturated heterocycles. The van der Waals surface area contributed by atoms with E-state index >= 15 is 0 Å². The predicted molar refractivity (Wildman–Crippen MR) is 51.4 cm³/mol. The fraction of sp³-hybridized carbons (Fsp3) is 0.